The van der Waals surface area contributed by atoms with Crippen molar-refractivity contribution in [1.29, 1.82) is 0 Å². The molecular weight excluding hydrogens is 266 g/mol. The van der Waals surface area contributed by atoms with Crippen LogP contribution in [-0.4, -0.2) is 23.5 Å². The van der Waals surface area contributed by atoms with Crippen molar-refractivity contribution in [1.82, 2.24) is 5.32 Å². The van der Waals surface area contributed by atoms with Gasteiger partial charge in [0.1, 0.15) is 0 Å². The Bertz CT molecular complexity index is 370. The summed E-state index contributed by atoms with van der Waals surface area (Å²) < 4.78 is 0. The van der Waals surface area contributed by atoms with E-state index in [9.17, 15) is 9.59 Å². The molecular formula is C17H29NO3. The lowest BCUT2D eigenvalue weighted by atomic mass is 9.81. The van der Waals surface area contributed by atoms with Gasteiger partial charge in [0.2, 0.25) is 5.91 Å². The average Bonchev–Trinajstić information content (AvgIpc) is 3.27. The van der Waals surface area contributed by atoms with E-state index in [1.807, 2.05) is 0 Å². The monoisotopic (exact) mass is 295 g/mol. The average molecular weight is 295 g/mol. The van der Waals surface area contributed by atoms with E-state index in [0.717, 1.165) is 19.3 Å². The molecule has 1 amide bonds. The molecule has 120 valence electrons. The largest absolute Gasteiger partial charge is 0.481 e. The van der Waals surface area contributed by atoms with Gasteiger partial charge in [0, 0.05) is 12.5 Å². The van der Waals surface area contributed by atoms with Crippen LogP contribution in [0.3, 0.4) is 0 Å². The molecule has 2 aliphatic carbocycles. The first-order chi connectivity index (χ1) is 10.1. The Morgan fingerprint density at radius 2 is 1.90 bits per heavy atom. The van der Waals surface area contributed by atoms with Gasteiger partial charge in [-0.2, -0.15) is 0 Å². The van der Waals surface area contributed by atoms with Crippen molar-refractivity contribution in [3.63, 3.8) is 0 Å². The van der Waals surface area contributed by atoms with Gasteiger partial charge in [-0.05, 0) is 31.6 Å². The highest BCUT2D eigenvalue weighted by Gasteiger charge is 2.50. The summed E-state index contributed by atoms with van der Waals surface area (Å²) in [6.45, 7) is 2.42. The molecule has 21 heavy (non-hydrogen) atoms. The first kappa shape index (κ1) is 16.3. The maximum atomic E-state index is 12.4. The van der Waals surface area contributed by atoms with E-state index >= 15 is 0 Å². The summed E-state index contributed by atoms with van der Waals surface area (Å²) in [6, 6.07) is 0. The predicted molar refractivity (Wildman–Crippen MR) is 81.9 cm³/mol. The lowest BCUT2D eigenvalue weighted by molar-refractivity contribution is -0.143. The van der Waals surface area contributed by atoms with Gasteiger partial charge in [0.15, 0.2) is 0 Å². The number of carboxylic acid groups (broad SMARTS) is 1. The SMILES string of the molecule is CCCC(CC1CCCCC1)C(=O)NCC1(C(=O)O)CC1. The molecule has 0 spiro atoms. The third kappa shape index (κ3) is 4.45. The number of aliphatic carboxylic acids is 1. The maximum absolute atomic E-state index is 12.4. The lowest BCUT2D eigenvalue weighted by Crippen LogP contribution is -2.38. The molecule has 0 aromatic rings. The highest BCUT2D eigenvalue weighted by Crippen LogP contribution is 2.45. The Balaban J connectivity index is 1.81. The number of carbonyl (C=O) groups is 2. The van der Waals surface area contributed by atoms with Gasteiger partial charge < -0.3 is 10.4 Å². The van der Waals surface area contributed by atoms with Crippen molar-refractivity contribution < 1.29 is 14.7 Å². The second kappa shape index (κ2) is 7.28. The fraction of sp³-hybridized carbons (Fsp3) is 0.882. The molecule has 0 aromatic heterocycles. The van der Waals surface area contributed by atoms with Crippen LogP contribution in [0, 0.1) is 17.3 Å². The Kier molecular flexibility index (Phi) is 5.65. The highest BCUT2D eigenvalue weighted by molar-refractivity contribution is 5.82. The second-order valence-electron chi connectivity index (χ2n) is 7.03. The van der Waals surface area contributed by atoms with Crippen LogP contribution in [0.4, 0.5) is 0 Å². The summed E-state index contributed by atoms with van der Waals surface area (Å²) in [5.74, 6) is 0.0789. The van der Waals surface area contributed by atoms with Gasteiger partial charge in [-0.1, -0.05) is 45.4 Å². The molecule has 2 rings (SSSR count). The standard InChI is InChI=1S/C17H29NO3/c1-2-6-14(11-13-7-4-3-5-8-13)15(19)18-12-17(9-10-17)16(20)21/h13-14H,2-12H2,1H3,(H,18,19)(H,20,21). The van der Waals surface area contributed by atoms with Gasteiger partial charge in [0.25, 0.3) is 0 Å². The van der Waals surface area contributed by atoms with Gasteiger partial charge in [-0.25, -0.2) is 0 Å². The van der Waals surface area contributed by atoms with E-state index in [2.05, 4.69) is 12.2 Å². The number of hydrogen-bond donors (Lipinski definition) is 2. The Hall–Kier alpha value is -1.06. The number of carboxylic acids is 1. The topological polar surface area (TPSA) is 66.4 Å². The first-order valence-electron chi connectivity index (χ1n) is 8.58. The van der Waals surface area contributed by atoms with Crippen LogP contribution < -0.4 is 5.32 Å². The number of amides is 1. The van der Waals surface area contributed by atoms with Crippen molar-refractivity contribution in [2.75, 3.05) is 6.54 Å². The molecule has 2 saturated carbocycles. The summed E-state index contributed by atoms with van der Waals surface area (Å²) in [4.78, 5) is 23.6. The molecule has 1 unspecified atom stereocenters. The molecule has 2 aliphatic rings. The van der Waals surface area contributed by atoms with Crippen LogP contribution in [0.25, 0.3) is 0 Å². The number of rotatable bonds is 8. The van der Waals surface area contributed by atoms with Crippen LogP contribution in [0.15, 0.2) is 0 Å². The smallest absolute Gasteiger partial charge is 0.311 e. The van der Waals surface area contributed by atoms with Crippen LogP contribution in [-0.2, 0) is 9.59 Å². The van der Waals surface area contributed by atoms with Gasteiger partial charge in [-0.15, -0.1) is 0 Å². The normalized spacial score (nSPS) is 22.5. The molecule has 4 heteroatoms. The van der Waals surface area contributed by atoms with Gasteiger partial charge >= 0.3 is 5.97 Å². The molecule has 0 aliphatic heterocycles. The van der Waals surface area contributed by atoms with Crippen molar-refractivity contribution in [2.45, 2.75) is 71.1 Å². The first-order valence-corrected chi connectivity index (χ1v) is 8.58. The molecule has 0 radical (unpaired) electrons. The Labute approximate surface area is 127 Å². The van der Waals surface area contributed by atoms with Crippen LogP contribution in [0.1, 0.15) is 71.1 Å². The van der Waals surface area contributed by atoms with Crippen LogP contribution >= 0.6 is 0 Å². The zero-order valence-electron chi connectivity index (χ0n) is 13.2. The van der Waals surface area contributed by atoms with Crippen molar-refractivity contribution in [3.05, 3.63) is 0 Å². The zero-order valence-corrected chi connectivity index (χ0v) is 13.2. The molecule has 2 N–H and O–H groups in total. The summed E-state index contributed by atoms with van der Waals surface area (Å²) in [6.07, 6.45) is 10.8. The Morgan fingerprint density at radius 1 is 1.24 bits per heavy atom. The quantitative estimate of drug-likeness (QED) is 0.721. The van der Waals surface area contributed by atoms with E-state index in [1.165, 1.54) is 32.1 Å². The number of hydrogen-bond acceptors (Lipinski definition) is 2. The second-order valence-corrected chi connectivity index (χ2v) is 7.03. The lowest BCUT2D eigenvalue weighted by Gasteiger charge is -2.26. The van der Waals surface area contributed by atoms with E-state index in [-0.39, 0.29) is 11.8 Å². The fourth-order valence-corrected chi connectivity index (χ4v) is 3.55. The molecule has 0 bridgehead atoms. The van der Waals surface area contributed by atoms with Crippen molar-refractivity contribution in [2.24, 2.45) is 17.3 Å². The summed E-state index contributed by atoms with van der Waals surface area (Å²) >= 11 is 0. The number of nitrogens with one attached hydrogen (secondary N) is 1. The van der Waals surface area contributed by atoms with E-state index in [1.54, 1.807) is 0 Å². The summed E-state index contributed by atoms with van der Waals surface area (Å²) in [5.41, 5.74) is -0.655. The minimum absolute atomic E-state index is 0.0719. The highest BCUT2D eigenvalue weighted by atomic mass is 16.4. The van der Waals surface area contributed by atoms with Crippen LogP contribution in [0.2, 0.25) is 0 Å². The minimum atomic E-state index is -0.762. The number of carbonyl (C=O) groups excluding carboxylic acids is 1. The van der Waals surface area contributed by atoms with E-state index in [0.29, 0.717) is 25.3 Å². The zero-order chi connectivity index (χ0) is 15.3. The van der Waals surface area contributed by atoms with Crippen molar-refractivity contribution >= 4 is 11.9 Å². The molecule has 0 aromatic carbocycles. The molecule has 4 nitrogen and oxygen atoms in total. The van der Waals surface area contributed by atoms with E-state index in [4.69, 9.17) is 5.11 Å². The van der Waals surface area contributed by atoms with Crippen molar-refractivity contribution in [3.8, 4) is 0 Å². The molecule has 0 heterocycles. The third-order valence-electron chi connectivity index (χ3n) is 5.26. The fourth-order valence-electron chi connectivity index (χ4n) is 3.55. The third-order valence-corrected chi connectivity index (χ3v) is 5.26. The van der Waals surface area contributed by atoms with Gasteiger partial charge in [0.05, 0.1) is 5.41 Å². The maximum Gasteiger partial charge on any atom is 0.311 e. The van der Waals surface area contributed by atoms with Crippen LogP contribution in [0.5, 0.6) is 0 Å². The molecule has 2 fully saturated rings. The van der Waals surface area contributed by atoms with E-state index < -0.39 is 11.4 Å². The summed E-state index contributed by atoms with van der Waals surface area (Å²) in [5, 5.41) is 12.1. The molecule has 1 atom stereocenters. The minimum Gasteiger partial charge on any atom is -0.481 e. The Morgan fingerprint density at radius 3 is 2.43 bits per heavy atom. The van der Waals surface area contributed by atoms with Gasteiger partial charge in [-0.3, -0.25) is 9.59 Å². The predicted octanol–water partition coefficient (Wildman–Crippen LogP) is 3.35. The summed E-state index contributed by atoms with van der Waals surface area (Å²) in [7, 11) is 0. The molecule has 0 saturated heterocycles.